The van der Waals surface area contributed by atoms with Crippen molar-refractivity contribution in [2.75, 3.05) is 4.90 Å². The molecule has 0 amide bonds. The zero-order chi connectivity index (χ0) is 10.8. The Bertz CT molecular complexity index is 514. The van der Waals surface area contributed by atoms with Gasteiger partial charge < -0.3 is 4.90 Å². The van der Waals surface area contributed by atoms with E-state index >= 15 is 0 Å². The molecule has 0 aromatic heterocycles. The van der Waals surface area contributed by atoms with E-state index in [4.69, 9.17) is 0 Å². The van der Waals surface area contributed by atoms with Crippen LogP contribution < -0.4 is 4.90 Å². The lowest BCUT2D eigenvalue weighted by atomic mass is 10.0. The maximum Gasteiger partial charge on any atom is 0.0481 e. The van der Waals surface area contributed by atoms with Gasteiger partial charge in [-0.05, 0) is 29.3 Å². The lowest BCUT2D eigenvalue weighted by Crippen LogP contribution is -2.18. The molecule has 0 N–H and O–H groups in total. The first-order chi connectivity index (χ1) is 7.93. The Morgan fingerprint density at radius 3 is 2.44 bits per heavy atom. The van der Waals surface area contributed by atoms with Crippen LogP contribution in [0, 0.1) is 0 Å². The fourth-order valence-electron chi connectivity index (χ4n) is 2.04. The van der Waals surface area contributed by atoms with E-state index in [1.807, 2.05) is 6.07 Å². The second-order valence-corrected chi connectivity index (χ2v) is 3.98. The summed E-state index contributed by atoms with van der Waals surface area (Å²) in [5, 5.41) is 0. The van der Waals surface area contributed by atoms with Crippen LogP contribution in [0.4, 0.5) is 5.69 Å². The van der Waals surface area contributed by atoms with E-state index in [0.29, 0.717) is 0 Å². The fourth-order valence-corrected chi connectivity index (χ4v) is 2.04. The lowest BCUT2D eigenvalue weighted by Gasteiger charge is -2.25. The number of fused-ring (bicyclic) bond motifs is 1. The van der Waals surface area contributed by atoms with Gasteiger partial charge in [-0.3, -0.25) is 0 Å². The van der Waals surface area contributed by atoms with E-state index in [1.54, 1.807) is 0 Å². The molecule has 0 radical (unpaired) electrons. The Balaban J connectivity index is 1.95. The summed E-state index contributed by atoms with van der Waals surface area (Å²) in [5.74, 6) is 0. The second kappa shape index (κ2) is 3.86. The first kappa shape index (κ1) is 9.22. The van der Waals surface area contributed by atoms with Gasteiger partial charge in [0.2, 0.25) is 0 Å². The minimum absolute atomic E-state index is 0.955. The largest absolute Gasteiger partial charge is 0.344 e. The highest BCUT2D eigenvalue weighted by atomic mass is 15.1. The quantitative estimate of drug-likeness (QED) is 0.689. The molecule has 16 heavy (non-hydrogen) atoms. The molecule has 1 heterocycles. The molecule has 0 saturated heterocycles. The summed E-state index contributed by atoms with van der Waals surface area (Å²) in [7, 11) is 0. The molecule has 0 unspecified atom stereocenters. The normalized spacial score (nSPS) is 13.6. The Kier molecular flexibility index (Phi) is 2.22. The van der Waals surface area contributed by atoms with Gasteiger partial charge in [-0.2, -0.15) is 0 Å². The molecule has 1 nitrogen and oxygen atoms in total. The third-order valence-corrected chi connectivity index (χ3v) is 2.92. The Morgan fingerprint density at radius 1 is 0.812 bits per heavy atom. The van der Waals surface area contributed by atoms with Crippen molar-refractivity contribution in [3.8, 4) is 0 Å². The number of benzene rings is 2. The maximum atomic E-state index is 2.27. The van der Waals surface area contributed by atoms with Crippen LogP contribution in [0.25, 0.3) is 6.08 Å². The molecular weight excluding hydrogens is 194 g/mol. The standard InChI is InChI=1S/C15H13N/c1-2-8-15(9-3-1)16-11-10-13-6-4-5-7-14(13)12-16/h1-11H,12H2. The van der Waals surface area contributed by atoms with Crippen molar-refractivity contribution in [3.63, 3.8) is 0 Å². The van der Waals surface area contributed by atoms with Crippen molar-refractivity contribution in [2.24, 2.45) is 0 Å². The molecule has 1 aliphatic heterocycles. The molecule has 78 valence electrons. The van der Waals surface area contributed by atoms with Crippen LogP contribution in [0.1, 0.15) is 11.1 Å². The smallest absolute Gasteiger partial charge is 0.0481 e. The predicted octanol–water partition coefficient (Wildman–Crippen LogP) is 3.68. The molecule has 0 fully saturated rings. The van der Waals surface area contributed by atoms with Gasteiger partial charge in [0.25, 0.3) is 0 Å². The van der Waals surface area contributed by atoms with Crippen LogP contribution >= 0.6 is 0 Å². The Labute approximate surface area is 95.6 Å². The van der Waals surface area contributed by atoms with Gasteiger partial charge in [0, 0.05) is 18.4 Å². The SMILES string of the molecule is C1=CN(c2ccccc2)Cc2ccccc21. The predicted molar refractivity (Wildman–Crippen MR) is 68.1 cm³/mol. The average molecular weight is 207 g/mol. The van der Waals surface area contributed by atoms with Crippen LogP contribution in [0.5, 0.6) is 0 Å². The van der Waals surface area contributed by atoms with Gasteiger partial charge in [0.15, 0.2) is 0 Å². The summed E-state index contributed by atoms with van der Waals surface area (Å²) in [4.78, 5) is 2.27. The third-order valence-electron chi connectivity index (χ3n) is 2.92. The van der Waals surface area contributed by atoms with E-state index in [0.717, 1.165) is 6.54 Å². The van der Waals surface area contributed by atoms with Crippen LogP contribution in [-0.4, -0.2) is 0 Å². The molecule has 2 aromatic carbocycles. The van der Waals surface area contributed by atoms with Gasteiger partial charge >= 0.3 is 0 Å². The molecular formula is C15H13N. The molecule has 0 atom stereocenters. The molecule has 1 heteroatoms. The zero-order valence-electron chi connectivity index (χ0n) is 9.01. The summed E-state index contributed by atoms with van der Waals surface area (Å²) >= 11 is 0. The van der Waals surface area contributed by atoms with E-state index in [-0.39, 0.29) is 0 Å². The van der Waals surface area contributed by atoms with Gasteiger partial charge in [-0.25, -0.2) is 0 Å². The molecule has 2 aromatic rings. The number of rotatable bonds is 1. The monoisotopic (exact) mass is 207 g/mol. The lowest BCUT2D eigenvalue weighted by molar-refractivity contribution is 0.954. The summed E-state index contributed by atoms with van der Waals surface area (Å²) < 4.78 is 0. The van der Waals surface area contributed by atoms with Crippen LogP contribution in [0.3, 0.4) is 0 Å². The van der Waals surface area contributed by atoms with Gasteiger partial charge in [-0.1, -0.05) is 42.5 Å². The Hall–Kier alpha value is -2.02. The number of nitrogens with zero attached hydrogens (tertiary/aromatic N) is 1. The molecule has 0 bridgehead atoms. The molecule has 0 spiro atoms. The van der Waals surface area contributed by atoms with Gasteiger partial charge in [0.1, 0.15) is 0 Å². The maximum absolute atomic E-state index is 2.27. The molecule has 3 rings (SSSR count). The first-order valence-electron chi connectivity index (χ1n) is 5.51. The first-order valence-corrected chi connectivity index (χ1v) is 5.51. The molecule has 0 aliphatic carbocycles. The number of hydrogen-bond donors (Lipinski definition) is 0. The average Bonchev–Trinajstić information content (AvgIpc) is 2.39. The van der Waals surface area contributed by atoms with Crippen molar-refractivity contribution in [2.45, 2.75) is 6.54 Å². The second-order valence-electron chi connectivity index (χ2n) is 3.98. The summed E-state index contributed by atoms with van der Waals surface area (Å²) in [6.07, 6.45) is 4.32. The molecule has 0 saturated carbocycles. The highest BCUT2D eigenvalue weighted by Crippen LogP contribution is 2.24. The summed E-state index contributed by atoms with van der Waals surface area (Å²) in [5.41, 5.74) is 3.96. The highest BCUT2D eigenvalue weighted by molar-refractivity contribution is 5.63. The van der Waals surface area contributed by atoms with Gasteiger partial charge in [-0.15, -0.1) is 0 Å². The minimum Gasteiger partial charge on any atom is -0.344 e. The minimum atomic E-state index is 0.955. The third kappa shape index (κ3) is 1.61. The van der Waals surface area contributed by atoms with Gasteiger partial charge in [0.05, 0.1) is 0 Å². The van der Waals surface area contributed by atoms with Crippen molar-refractivity contribution in [3.05, 3.63) is 71.9 Å². The van der Waals surface area contributed by atoms with E-state index in [2.05, 4.69) is 65.7 Å². The van der Waals surface area contributed by atoms with E-state index in [1.165, 1.54) is 16.8 Å². The van der Waals surface area contributed by atoms with E-state index in [9.17, 15) is 0 Å². The summed E-state index contributed by atoms with van der Waals surface area (Å²) in [6.45, 7) is 0.955. The Morgan fingerprint density at radius 2 is 1.56 bits per heavy atom. The number of anilines is 1. The number of hydrogen-bond acceptors (Lipinski definition) is 1. The topological polar surface area (TPSA) is 3.24 Å². The van der Waals surface area contributed by atoms with Crippen molar-refractivity contribution < 1.29 is 0 Å². The molecule has 1 aliphatic rings. The fraction of sp³-hybridized carbons (Fsp3) is 0.0667. The zero-order valence-corrected chi connectivity index (χ0v) is 9.01. The number of para-hydroxylation sites is 1. The van der Waals surface area contributed by atoms with Crippen LogP contribution in [0.2, 0.25) is 0 Å². The van der Waals surface area contributed by atoms with Crippen LogP contribution in [0.15, 0.2) is 60.8 Å². The van der Waals surface area contributed by atoms with E-state index < -0.39 is 0 Å². The summed E-state index contributed by atoms with van der Waals surface area (Å²) in [6, 6.07) is 19.0. The van der Waals surface area contributed by atoms with Crippen molar-refractivity contribution in [1.29, 1.82) is 0 Å². The van der Waals surface area contributed by atoms with Crippen molar-refractivity contribution in [1.82, 2.24) is 0 Å². The van der Waals surface area contributed by atoms with Crippen molar-refractivity contribution >= 4 is 11.8 Å². The highest BCUT2D eigenvalue weighted by Gasteiger charge is 2.10. The van der Waals surface area contributed by atoms with Crippen LogP contribution in [-0.2, 0) is 6.54 Å².